The Morgan fingerprint density at radius 2 is 0.957 bits per heavy atom. The minimum absolute atomic E-state index is 0. The number of hydrogen-bond acceptors (Lipinski definition) is 10. The zero-order valence-electron chi connectivity index (χ0n) is 41.8. The molecular weight excluding hydrogens is 891 g/mol. The molecule has 0 saturated carbocycles. The van der Waals surface area contributed by atoms with Gasteiger partial charge in [0.05, 0.1) is 11.1 Å². The van der Waals surface area contributed by atoms with Crippen molar-refractivity contribution in [3.05, 3.63) is 119 Å². The number of aliphatic carboxylic acids is 1. The third kappa shape index (κ3) is 15.9. The van der Waals surface area contributed by atoms with E-state index in [-0.39, 0.29) is 33.5 Å². The highest BCUT2D eigenvalue weighted by Gasteiger charge is 2.40. The van der Waals surface area contributed by atoms with Crippen LogP contribution in [-0.2, 0) is 51.2 Å². The molecule has 0 aromatic heterocycles. The van der Waals surface area contributed by atoms with Crippen molar-refractivity contribution in [3.63, 3.8) is 0 Å². The second-order valence-electron chi connectivity index (χ2n) is 20.1. The Morgan fingerprint density at radius 1 is 0.529 bits per heavy atom. The Balaban J connectivity index is 0.0000130. The molecule has 0 fully saturated rings. The quantitative estimate of drug-likeness (QED) is 0.0493. The maximum absolute atomic E-state index is 14.1. The Kier molecular flexibility index (Phi) is 19.5. The molecule has 4 aromatic carbocycles. The van der Waals surface area contributed by atoms with E-state index in [0.29, 0.717) is 16.7 Å². The molecule has 5 amide bonds. The van der Waals surface area contributed by atoms with Gasteiger partial charge in [0.1, 0.15) is 29.3 Å². The summed E-state index contributed by atoms with van der Waals surface area (Å²) in [6, 6.07) is 26.9. The number of Topliss-reactive ketones (excluding diaryl/α,β-unsaturated/α-hetero) is 2. The van der Waals surface area contributed by atoms with Crippen molar-refractivity contribution >= 4 is 66.3 Å². The van der Waals surface area contributed by atoms with E-state index in [1.165, 1.54) is 55.4 Å². The first kappa shape index (κ1) is 57.6. The number of nitrogens with one attached hydrogen (secondary N) is 5. The molecule has 0 heterocycles. The summed E-state index contributed by atoms with van der Waals surface area (Å²) < 4.78 is 0. The number of benzene rings is 4. The fourth-order valence-corrected chi connectivity index (χ4v) is 7.38. The molecule has 4 unspecified atom stereocenters. The van der Waals surface area contributed by atoms with Gasteiger partial charge >= 0.3 is 5.97 Å². The average Bonchev–Trinajstić information content (AvgIpc) is 3.27. The number of carbonyl (C=O) groups excluding carboxylic acids is 7. The second kappa shape index (κ2) is 23.7. The van der Waals surface area contributed by atoms with Crippen molar-refractivity contribution in [1.29, 1.82) is 0 Å². The Bertz CT molecular complexity index is 2540. The fraction of sp³-hybridized carbons (Fsp3) is 0.434. The molecule has 9 N–H and O–H groups in total. The van der Waals surface area contributed by atoms with E-state index in [1.54, 1.807) is 50.2 Å². The predicted molar refractivity (Wildman–Crippen MR) is 268 cm³/mol. The molecule has 0 aliphatic rings. The molecule has 16 nitrogen and oxygen atoms in total. The first-order valence-corrected chi connectivity index (χ1v) is 23.0. The van der Waals surface area contributed by atoms with Crippen LogP contribution in [0.1, 0.15) is 110 Å². The normalized spacial score (nSPS) is 14.1. The number of rotatable bonds is 23. The van der Waals surface area contributed by atoms with Crippen LogP contribution in [0.25, 0.3) is 10.8 Å². The lowest BCUT2D eigenvalue weighted by Gasteiger charge is -2.32. The molecule has 70 heavy (non-hydrogen) atoms. The molecule has 17 heteroatoms. The van der Waals surface area contributed by atoms with Crippen LogP contribution in [0.5, 0.6) is 0 Å². The van der Waals surface area contributed by atoms with E-state index < -0.39 is 99.9 Å². The smallest absolute Gasteiger partial charge is 0.325 e. The standard InChI is InChI=1S/C53H68N6O10.B/c1-31(55-48(68)52(7,8)59-46(65)40(29-41(60)50(3,4)54)28-34-22-23-35-16-14-15-19-38(35)27-34)44(63)57-51(5,6)42(61)30-39(45(64)58-53(9,10)49(69)56-32(2)47(66)67)26-33-20-24-37(25-21-33)43(62)36-17-12-11-13-18-36;/h11-25,27,31-32,39-40,43,62H,26,28-30,54H2,1-10H3,(H,55,68)(H,56,69)(H,57,63)(H,58,64)(H,59,65)(H,66,67);/t31?,32?,39?,40?,43-;/m1./s1. The van der Waals surface area contributed by atoms with Gasteiger partial charge in [-0.3, -0.25) is 38.4 Å². The number of amides is 5. The molecule has 0 aliphatic carbocycles. The van der Waals surface area contributed by atoms with E-state index in [0.717, 1.165) is 16.3 Å². The highest BCUT2D eigenvalue weighted by molar-refractivity contribution is 6.00. The molecule has 373 valence electrons. The number of carbonyl (C=O) groups is 8. The van der Waals surface area contributed by atoms with Gasteiger partial charge in [-0.1, -0.05) is 97.1 Å². The van der Waals surface area contributed by atoms with Crippen molar-refractivity contribution in [1.82, 2.24) is 26.6 Å². The van der Waals surface area contributed by atoms with Crippen molar-refractivity contribution in [2.45, 2.75) is 135 Å². The number of hydrogen-bond donors (Lipinski definition) is 8. The number of nitrogens with two attached hydrogens (primary N) is 1. The Hall–Kier alpha value is -6.72. The Morgan fingerprint density at radius 3 is 1.47 bits per heavy atom. The summed E-state index contributed by atoms with van der Waals surface area (Å²) in [5.74, 6) is -7.65. The van der Waals surface area contributed by atoms with Crippen molar-refractivity contribution < 1.29 is 48.6 Å². The summed E-state index contributed by atoms with van der Waals surface area (Å²) in [6.07, 6.45) is -1.33. The molecule has 0 spiro atoms. The van der Waals surface area contributed by atoms with E-state index in [4.69, 9.17) is 5.73 Å². The number of ketones is 2. The average molecular weight is 960 g/mol. The lowest BCUT2D eigenvalue weighted by atomic mass is 9.85. The van der Waals surface area contributed by atoms with Gasteiger partial charge in [-0.25, -0.2) is 0 Å². The van der Waals surface area contributed by atoms with Crippen molar-refractivity contribution in [3.8, 4) is 0 Å². The molecule has 5 atom stereocenters. The first-order chi connectivity index (χ1) is 32.0. The fourth-order valence-electron chi connectivity index (χ4n) is 7.38. The topological polar surface area (TPSA) is 263 Å². The second-order valence-corrected chi connectivity index (χ2v) is 20.1. The number of aliphatic hydroxyl groups excluding tert-OH is 1. The van der Waals surface area contributed by atoms with Crippen molar-refractivity contribution in [2.75, 3.05) is 0 Å². The van der Waals surface area contributed by atoms with Crippen LogP contribution in [0.2, 0.25) is 0 Å². The monoisotopic (exact) mass is 960 g/mol. The molecule has 0 saturated heterocycles. The van der Waals surface area contributed by atoms with Crippen LogP contribution < -0.4 is 32.3 Å². The maximum Gasteiger partial charge on any atom is 0.325 e. The Labute approximate surface area is 412 Å². The third-order valence-corrected chi connectivity index (χ3v) is 12.1. The summed E-state index contributed by atoms with van der Waals surface area (Å²) in [4.78, 5) is 107. The largest absolute Gasteiger partial charge is 0.480 e. The van der Waals surface area contributed by atoms with Crippen LogP contribution >= 0.6 is 0 Å². The van der Waals surface area contributed by atoms with Gasteiger partial charge in [-0.05, 0) is 115 Å². The van der Waals surface area contributed by atoms with Crippen LogP contribution in [-0.4, -0.2) is 99.9 Å². The molecule has 3 radical (unpaired) electrons. The van der Waals surface area contributed by atoms with Gasteiger partial charge in [0.2, 0.25) is 29.5 Å². The summed E-state index contributed by atoms with van der Waals surface area (Å²) in [7, 11) is 0. The number of fused-ring (bicyclic) bond motifs is 1. The zero-order valence-corrected chi connectivity index (χ0v) is 41.8. The first-order valence-electron chi connectivity index (χ1n) is 23.0. The van der Waals surface area contributed by atoms with Gasteiger partial charge in [0.25, 0.3) is 0 Å². The summed E-state index contributed by atoms with van der Waals surface area (Å²) in [5, 5.41) is 35.3. The van der Waals surface area contributed by atoms with Crippen LogP contribution in [0, 0.1) is 11.8 Å². The van der Waals surface area contributed by atoms with E-state index in [2.05, 4.69) is 26.6 Å². The summed E-state index contributed by atoms with van der Waals surface area (Å²) >= 11 is 0. The summed E-state index contributed by atoms with van der Waals surface area (Å²) in [6.45, 7) is 14.4. The predicted octanol–water partition coefficient (Wildman–Crippen LogP) is 3.99. The van der Waals surface area contributed by atoms with E-state index in [9.17, 15) is 48.6 Å². The van der Waals surface area contributed by atoms with Crippen molar-refractivity contribution in [2.24, 2.45) is 17.6 Å². The van der Waals surface area contributed by atoms with Gasteiger partial charge in [-0.2, -0.15) is 0 Å². The van der Waals surface area contributed by atoms with Crippen LogP contribution in [0.4, 0.5) is 0 Å². The van der Waals surface area contributed by atoms with E-state index >= 15 is 0 Å². The van der Waals surface area contributed by atoms with Gasteiger partial charge in [0.15, 0.2) is 11.6 Å². The highest BCUT2D eigenvalue weighted by atomic mass is 16.4. The van der Waals surface area contributed by atoms with Gasteiger partial charge in [-0.15, -0.1) is 0 Å². The lowest BCUT2D eigenvalue weighted by Crippen LogP contribution is -2.61. The number of carboxylic acid groups (broad SMARTS) is 1. The molecule has 0 bridgehead atoms. The SMILES string of the molecule is CC(NC(=O)C(C)(C)NC(=O)C(CC(=O)C(C)(C)NC(=O)C(C)NC(=O)C(C)(C)NC(=O)C(CC(=O)C(C)(C)N)Cc1ccc2ccccc2c1)Cc1ccc([C@H](O)c2ccccc2)cc1)C(=O)O.[B]. The molecule has 4 rings (SSSR count). The van der Waals surface area contributed by atoms with E-state index in [1.807, 2.05) is 60.7 Å². The minimum Gasteiger partial charge on any atom is -0.480 e. The lowest BCUT2D eigenvalue weighted by molar-refractivity contribution is -0.143. The zero-order chi connectivity index (χ0) is 51.6. The number of aliphatic hydroxyl groups is 1. The third-order valence-electron chi connectivity index (χ3n) is 12.1. The minimum atomic E-state index is -1.60. The highest BCUT2D eigenvalue weighted by Crippen LogP contribution is 2.26. The van der Waals surface area contributed by atoms with Gasteiger partial charge in [0, 0.05) is 33.1 Å². The maximum atomic E-state index is 14.1. The molecule has 0 aliphatic heterocycles. The molecular formula is C53H68BN6O10. The number of carboxylic acids is 1. The molecule has 4 aromatic rings. The summed E-state index contributed by atoms with van der Waals surface area (Å²) in [5.41, 5.74) is 2.82. The van der Waals surface area contributed by atoms with Crippen LogP contribution in [0.3, 0.4) is 0 Å². The van der Waals surface area contributed by atoms with Gasteiger partial charge < -0.3 is 42.5 Å². The van der Waals surface area contributed by atoms with Crippen LogP contribution in [0.15, 0.2) is 97.1 Å².